The van der Waals surface area contributed by atoms with E-state index in [0.29, 0.717) is 5.56 Å². The summed E-state index contributed by atoms with van der Waals surface area (Å²) < 4.78 is 0. The van der Waals surface area contributed by atoms with E-state index < -0.39 is 0 Å². The minimum absolute atomic E-state index is 0.0671. The maximum absolute atomic E-state index is 13.1. The second-order valence-electron chi connectivity index (χ2n) is 8.58. The lowest BCUT2D eigenvalue weighted by atomic mass is 9.98. The molecule has 0 fully saturated rings. The van der Waals surface area contributed by atoms with Crippen LogP contribution in [-0.2, 0) is 13.0 Å². The number of fused-ring (bicyclic) bond motifs is 1. The molecule has 0 bridgehead atoms. The van der Waals surface area contributed by atoms with Crippen LogP contribution >= 0.6 is 0 Å². The Balaban J connectivity index is 1.31. The molecule has 0 radical (unpaired) electrons. The molecule has 1 N–H and O–H groups in total. The summed E-state index contributed by atoms with van der Waals surface area (Å²) in [5.74, 6) is -0.0671. The van der Waals surface area contributed by atoms with Crippen molar-refractivity contribution in [1.29, 1.82) is 0 Å². The third kappa shape index (κ3) is 4.83. The summed E-state index contributed by atoms with van der Waals surface area (Å²) in [7, 11) is 0. The van der Waals surface area contributed by atoms with Crippen molar-refractivity contribution in [2.24, 2.45) is 0 Å². The minimum Gasteiger partial charge on any atom is -0.367 e. The van der Waals surface area contributed by atoms with Gasteiger partial charge in [-0.25, -0.2) is 0 Å². The zero-order valence-electron chi connectivity index (χ0n) is 18.7. The van der Waals surface area contributed by atoms with Gasteiger partial charge in [0.15, 0.2) is 0 Å². The highest BCUT2D eigenvalue weighted by Crippen LogP contribution is 2.28. The molecule has 5 rings (SSSR count). The molecule has 164 valence electrons. The molecular formula is C30H28N2O. The van der Waals surface area contributed by atoms with Crippen LogP contribution < -0.4 is 10.2 Å². The van der Waals surface area contributed by atoms with Crippen molar-refractivity contribution in [2.45, 2.75) is 25.4 Å². The van der Waals surface area contributed by atoms with Crippen molar-refractivity contribution < 1.29 is 4.79 Å². The second-order valence-corrected chi connectivity index (χ2v) is 8.58. The van der Waals surface area contributed by atoms with E-state index in [9.17, 15) is 4.79 Å². The van der Waals surface area contributed by atoms with E-state index in [1.807, 2.05) is 48.5 Å². The number of amides is 1. The van der Waals surface area contributed by atoms with Crippen molar-refractivity contribution in [3.8, 4) is 0 Å². The fraction of sp³-hybridized carbons (Fsp3) is 0.167. The summed E-state index contributed by atoms with van der Waals surface area (Å²) in [5, 5.41) is 3.23. The molecule has 0 atom stereocenters. The molecule has 3 heteroatoms. The molecule has 0 unspecified atom stereocenters. The number of nitrogens with one attached hydrogen (secondary N) is 1. The van der Waals surface area contributed by atoms with Crippen molar-refractivity contribution in [1.82, 2.24) is 5.32 Å². The van der Waals surface area contributed by atoms with Gasteiger partial charge in [0, 0.05) is 24.3 Å². The molecule has 1 heterocycles. The van der Waals surface area contributed by atoms with Crippen LogP contribution in [0.15, 0.2) is 109 Å². The average molecular weight is 433 g/mol. The van der Waals surface area contributed by atoms with Gasteiger partial charge in [-0.2, -0.15) is 0 Å². The van der Waals surface area contributed by atoms with Gasteiger partial charge in [-0.15, -0.1) is 0 Å². The lowest BCUT2D eigenvalue weighted by Gasteiger charge is -2.31. The first-order chi connectivity index (χ1) is 16.3. The molecule has 3 nitrogen and oxygen atoms in total. The predicted octanol–water partition coefficient (Wildman–Crippen LogP) is 6.16. The van der Waals surface area contributed by atoms with E-state index in [1.165, 1.54) is 23.2 Å². The first-order valence-corrected chi connectivity index (χ1v) is 11.6. The number of anilines is 1. The fourth-order valence-electron chi connectivity index (χ4n) is 4.62. The topological polar surface area (TPSA) is 32.3 Å². The summed E-state index contributed by atoms with van der Waals surface area (Å²) in [6.45, 7) is 1.92. The third-order valence-electron chi connectivity index (χ3n) is 6.34. The number of para-hydroxylation sites is 1. The van der Waals surface area contributed by atoms with Gasteiger partial charge < -0.3 is 10.2 Å². The molecule has 33 heavy (non-hydrogen) atoms. The van der Waals surface area contributed by atoms with Crippen molar-refractivity contribution in [3.05, 3.63) is 137 Å². The van der Waals surface area contributed by atoms with Crippen LogP contribution in [0.5, 0.6) is 0 Å². The first-order valence-electron chi connectivity index (χ1n) is 11.6. The summed E-state index contributed by atoms with van der Waals surface area (Å²) in [5.41, 5.74) is 6.78. The highest BCUT2D eigenvalue weighted by atomic mass is 16.1. The molecule has 0 aliphatic carbocycles. The smallest absolute Gasteiger partial charge is 0.252 e. The summed E-state index contributed by atoms with van der Waals surface area (Å²) >= 11 is 0. The SMILES string of the molecule is O=C(NC(c1ccccc1)c1ccccc1)c1ccc(CN2CCCc3ccccc32)cc1. The highest BCUT2D eigenvalue weighted by molar-refractivity contribution is 5.94. The van der Waals surface area contributed by atoms with E-state index in [4.69, 9.17) is 0 Å². The van der Waals surface area contributed by atoms with Crippen LogP contribution in [0.3, 0.4) is 0 Å². The number of nitrogens with zero attached hydrogens (tertiary/aromatic N) is 1. The number of rotatable bonds is 6. The molecule has 0 aromatic heterocycles. The van der Waals surface area contributed by atoms with Crippen molar-refractivity contribution in [3.63, 3.8) is 0 Å². The standard InChI is InChI=1S/C30H28N2O/c33-30(31-29(25-11-3-1-4-12-25)26-13-5-2-6-14-26)27-19-17-23(18-20-27)22-32-21-9-15-24-10-7-8-16-28(24)32/h1-8,10-14,16-20,29H,9,15,21-22H2,(H,31,33). The maximum atomic E-state index is 13.1. The number of hydrogen-bond acceptors (Lipinski definition) is 2. The fourth-order valence-corrected chi connectivity index (χ4v) is 4.62. The summed E-state index contributed by atoms with van der Waals surface area (Å²) in [6, 6.07) is 36.7. The lowest BCUT2D eigenvalue weighted by molar-refractivity contribution is 0.0943. The van der Waals surface area contributed by atoms with Gasteiger partial charge in [-0.05, 0) is 53.3 Å². The Kier molecular flexibility index (Phi) is 6.21. The monoisotopic (exact) mass is 432 g/mol. The molecular weight excluding hydrogens is 404 g/mol. The van der Waals surface area contributed by atoms with Crippen LogP contribution in [0.2, 0.25) is 0 Å². The van der Waals surface area contributed by atoms with E-state index in [1.54, 1.807) is 0 Å². The van der Waals surface area contributed by atoms with E-state index in [0.717, 1.165) is 30.6 Å². The van der Waals surface area contributed by atoms with Crippen LogP contribution in [0.1, 0.15) is 45.1 Å². The second kappa shape index (κ2) is 9.74. The van der Waals surface area contributed by atoms with Gasteiger partial charge in [0.1, 0.15) is 0 Å². The van der Waals surface area contributed by atoms with Crippen LogP contribution in [0.25, 0.3) is 0 Å². The van der Waals surface area contributed by atoms with Gasteiger partial charge in [0.05, 0.1) is 6.04 Å². The third-order valence-corrected chi connectivity index (χ3v) is 6.34. The summed E-state index contributed by atoms with van der Waals surface area (Å²) in [6.07, 6.45) is 2.33. The molecule has 1 amide bonds. The molecule has 0 spiro atoms. The normalized spacial score (nSPS) is 12.9. The number of carbonyl (C=O) groups is 1. The van der Waals surface area contributed by atoms with Gasteiger partial charge in [-0.3, -0.25) is 4.79 Å². The number of benzene rings is 4. The van der Waals surface area contributed by atoms with Crippen molar-refractivity contribution >= 4 is 11.6 Å². The Hall–Kier alpha value is -3.85. The minimum atomic E-state index is -0.190. The zero-order valence-corrected chi connectivity index (χ0v) is 18.7. The largest absolute Gasteiger partial charge is 0.367 e. The molecule has 4 aromatic rings. The van der Waals surface area contributed by atoms with Crippen LogP contribution in [-0.4, -0.2) is 12.5 Å². The van der Waals surface area contributed by atoms with E-state index >= 15 is 0 Å². The van der Waals surface area contributed by atoms with Gasteiger partial charge in [0.2, 0.25) is 0 Å². The Morgan fingerprint density at radius 3 is 2.03 bits per heavy atom. The van der Waals surface area contributed by atoms with E-state index in [-0.39, 0.29) is 11.9 Å². The van der Waals surface area contributed by atoms with Crippen LogP contribution in [0.4, 0.5) is 5.69 Å². The molecule has 0 saturated carbocycles. The lowest BCUT2D eigenvalue weighted by Crippen LogP contribution is -2.30. The Labute approximate surface area is 195 Å². The molecule has 0 saturated heterocycles. The zero-order chi connectivity index (χ0) is 22.5. The first kappa shape index (κ1) is 21.0. The summed E-state index contributed by atoms with van der Waals surface area (Å²) in [4.78, 5) is 15.6. The molecule has 1 aliphatic rings. The maximum Gasteiger partial charge on any atom is 0.252 e. The van der Waals surface area contributed by atoms with Gasteiger partial charge in [0.25, 0.3) is 5.91 Å². The Morgan fingerprint density at radius 1 is 0.758 bits per heavy atom. The Morgan fingerprint density at radius 2 is 1.36 bits per heavy atom. The highest BCUT2D eigenvalue weighted by Gasteiger charge is 2.19. The number of hydrogen-bond donors (Lipinski definition) is 1. The van der Waals surface area contributed by atoms with Gasteiger partial charge >= 0.3 is 0 Å². The quantitative estimate of drug-likeness (QED) is 0.396. The predicted molar refractivity (Wildman–Crippen MR) is 134 cm³/mol. The number of carbonyl (C=O) groups excluding carboxylic acids is 1. The van der Waals surface area contributed by atoms with Gasteiger partial charge in [-0.1, -0.05) is 91.0 Å². The van der Waals surface area contributed by atoms with Crippen LogP contribution in [0, 0.1) is 0 Å². The molecule has 4 aromatic carbocycles. The number of aryl methyl sites for hydroxylation is 1. The van der Waals surface area contributed by atoms with E-state index in [2.05, 4.69) is 70.9 Å². The van der Waals surface area contributed by atoms with Crippen molar-refractivity contribution in [2.75, 3.05) is 11.4 Å². The Bertz CT molecular complexity index is 1160. The molecule has 1 aliphatic heterocycles. The average Bonchev–Trinajstić information content (AvgIpc) is 2.89.